The summed E-state index contributed by atoms with van der Waals surface area (Å²) in [6, 6.07) is 7.41. The number of hydrogen-bond donors (Lipinski definition) is 1. The van der Waals surface area contributed by atoms with E-state index in [0.717, 1.165) is 5.56 Å². The van der Waals surface area contributed by atoms with Gasteiger partial charge in [-0.05, 0) is 19.1 Å². The van der Waals surface area contributed by atoms with Crippen LogP contribution in [0, 0.1) is 0 Å². The van der Waals surface area contributed by atoms with Gasteiger partial charge in [-0.2, -0.15) is 0 Å². The standard InChI is InChI=1S/C16H21N3O4/c1-16(15(21)17-10-14(20)19(2)3)9-12(18-23-16)11-7-5-6-8-13(11)22-4/h5-8H,9-10H2,1-4H3,(H,17,21)/t16-/m1/s1. The molecule has 2 rings (SSSR count). The van der Waals surface area contributed by atoms with Gasteiger partial charge >= 0.3 is 0 Å². The molecule has 2 amide bonds. The second-order valence-corrected chi connectivity index (χ2v) is 5.71. The summed E-state index contributed by atoms with van der Waals surface area (Å²) in [6.07, 6.45) is 0.301. The summed E-state index contributed by atoms with van der Waals surface area (Å²) in [5, 5.41) is 6.62. The molecule has 0 saturated heterocycles. The topological polar surface area (TPSA) is 80.2 Å². The summed E-state index contributed by atoms with van der Waals surface area (Å²) < 4.78 is 5.30. The average molecular weight is 319 g/mol. The minimum Gasteiger partial charge on any atom is -0.496 e. The van der Waals surface area contributed by atoms with Gasteiger partial charge in [0.15, 0.2) is 0 Å². The Kier molecular flexibility index (Phi) is 4.88. The molecule has 0 unspecified atom stereocenters. The van der Waals surface area contributed by atoms with Crippen molar-refractivity contribution in [1.82, 2.24) is 10.2 Å². The first-order valence-electron chi connectivity index (χ1n) is 7.24. The molecule has 124 valence electrons. The van der Waals surface area contributed by atoms with Crippen LogP contribution in [0.3, 0.4) is 0 Å². The Morgan fingerprint density at radius 1 is 1.39 bits per heavy atom. The van der Waals surface area contributed by atoms with Gasteiger partial charge in [-0.3, -0.25) is 9.59 Å². The zero-order valence-corrected chi connectivity index (χ0v) is 13.8. The lowest BCUT2D eigenvalue weighted by atomic mass is 9.94. The number of carbonyl (C=O) groups excluding carboxylic acids is 2. The summed E-state index contributed by atoms with van der Waals surface area (Å²) in [5.74, 6) is 0.106. The number of carbonyl (C=O) groups is 2. The molecule has 7 heteroatoms. The van der Waals surface area contributed by atoms with Crippen molar-refractivity contribution in [3.8, 4) is 5.75 Å². The van der Waals surface area contributed by atoms with Gasteiger partial charge in [-0.25, -0.2) is 0 Å². The molecule has 0 radical (unpaired) electrons. The SMILES string of the molecule is COc1ccccc1C1=NO[C@@](C)(C(=O)NCC(=O)N(C)C)C1. The molecule has 0 saturated carbocycles. The minimum atomic E-state index is -1.14. The number of benzene rings is 1. The van der Waals surface area contributed by atoms with E-state index in [1.165, 1.54) is 4.90 Å². The first kappa shape index (κ1) is 16.8. The Bertz CT molecular complexity index is 642. The predicted octanol–water partition coefficient (Wildman–Crippen LogP) is 0.783. The van der Waals surface area contributed by atoms with E-state index >= 15 is 0 Å². The Balaban J connectivity index is 2.04. The molecule has 1 heterocycles. The van der Waals surface area contributed by atoms with Gasteiger partial charge in [0.1, 0.15) is 5.75 Å². The van der Waals surface area contributed by atoms with Crippen molar-refractivity contribution >= 4 is 17.5 Å². The van der Waals surface area contributed by atoms with Crippen molar-refractivity contribution < 1.29 is 19.2 Å². The van der Waals surface area contributed by atoms with Crippen LogP contribution in [0.25, 0.3) is 0 Å². The maximum atomic E-state index is 12.3. The molecule has 7 nitrogen and oxygen atoms in total. The first-order valence-corrected chi connectivity index (χ1v) is 7.24. The summed E-state index contributed by atoms with van der Waals surface area (Å²) in [6.45, 7) is 1.57. The number of nitrogens with zero attached hydrogens (tertiary/aromatic N) is 2. The van der Waals surface area contributed by atoms with Gasteiger partial charge in [0.05, 0.1) is 19.4 Å². The van der Waals surface area contributed by atoms with E-state index in [0.29, 0.717) is 17.9 Å². The molecule has 0 bridgehead atoms. The Morgan fingerprint density at radius 2 is 2.09 bits per heavy atom. The fourth-order valence-corrected chi connectivity index (χ4v) is 2.19. The molecule has 0 aromatic heterocycles. The largest absolute Gasteiger partial charge is 0.496 e. The maximum absolute atomic E-state index is 12.3. The molecule has 1 aliphatic rings. The molecule has 1 aromatic rings. The van der Waals surface area contributed by atoms with Crippen molar-refractivity contribution in [3.63, 3.8) is 0 Å². The third kappa shape index (κ3) is 3.61. The highest BCUT2D eigenvalue weighted by Gasteiger charge is 2.42. The number of ether oxygens (including phenoxy) is 1. The molecular formula is C16H21N3O4. The molecule has 1 aliphatic heterocycles. The number of rotatable bonds is 5. The molecular weight excluding hydrogens is 298 g/mol. The van der Waals surface area contributed by atoms with Crippen LogP contribution >= 0.6 is 0 Å². The van der Waals surface area contributed by atoms with Crippen LogP contribution in [-0.4, -0.2) is 55.8 Å². The zero-order valence-electron chi connectivity index (χ0n) is 13.8. The Labute approximate surface area is 135 Å². The Hall–Kier alpha value is -2.57. The van der Waals surface area contributed by atoms with Crippen molar-refractivity contribution in [2.45, 2.75) is 18.9 Å². The fourth-order valence-electron chi connectivity index (χ4n) is 2.19. The molecule has 23 heavy (non-hydrogen) atoms. The second kappa shape index (κ2) is 6.68. The lowest BCUT2D eigenvalue weighted by molar-refractivity contribution is -0.143. The highest BCUT2D eigenvalue weighted by molar-refractivity contribution is 6.07. The Morgan fingerprint density at radius 3 is 2.74 bits per heavy atom. The number of amides is 2. The smallest absolute Gasteiger partial charge is 0.267 e. The summed E-state index contributed by atoms with van der Waals surface area (Å²) in [5.41, 5.74) is 0.290. The summed E-state index contributed by atoms with van der Waals surface area (Å²) in [4.78, 5) is 30.6. The van der Waals surface area contributed by atoms with E-state index in [-0.39, 0.29) is 18.4 Å². The van der Waals surface area contributed by atoms with E-state index in [1.54, 1.807) is 28.1 Å². The zero-order chi connectivity index (χ0) is 17.0. The quantitative estimate of drug-likeness (QED) is 0.870. The lowest BCUT2D eigenvalue weighted by Crippen LogP contribution is -2.47. The van der Waals surface area contributed by atoms with E-state index < -0.39 is 5.60 Å². The summed E-state index contributed by atoms with van der Waals surface area (Å²) in [7, 11) is 4.84. The number of hydrogen-bond acceptors (Lipinski definition) is 5. The van der Waals surface area contributed by atoms with Crippen molar-refractivity contribution in [1.29, 1.82) is 0 Å². The van der Waals surface area contributed by atoms with E-state index in [1.807, 2.05) is 24.3 Å². The van der Waals surface area contributed by atoms with Crippen LogP contribution in [0.4, 0.5) is 0 Å². The number of methoxy groups -OCH3 is 1. The van der Waals surface area contributed by atoms with Gasteiger partial charge in [0.2, 0.25) is 11.5 Å². The number of para-hydroxylation sites is 1. The summed E-state index contributed by atoms with van der Waals surface area (Å²) >= 11 is 0. The van der Waals surface area contributed by atoms with Crippen LogP contribution in [0.15, 0.2) is 29.4 Å². The van der Waals surface area contributed by atoms with Gasteiger partial charge in [0.25, 0.3) is 5.91 Å². The fraction of sp³-hybridized carbons (Fsp3) is 0.438. The van der Waals surface area contributed by atoms with Crippen molar-refractivity contribution in [2.75, 3.05) is 27.7 Å². The third-order valence-corrected chi connectivity index (χ3v) is 3.66. The van der Waals surface area contributed by atoms with Gasteiger partial charge in [-0.15, -0.1) is 0 Å². The average Bonchev–Trinajstić information content (AvgIpc) is 2.95. The number of nitrogens with one attached hydrogen (secondary N) is 1. The van der Waals surface area contributed by atoms with E-state index in [9.17, 15) is 9.59 Å². The third-order valence-electron chi connectivity index (χ3n) is 3.66. The van der Waals surface area contributed by atoms with Gasteiger partial charge in [0, 0.05) is 26.1 Å². The normalized spacial score (nSPS) is 19.6. The van der Waals surface area contributed by atoms with E-state index in [4.69, 9.17) is 9.57 Å². The van der Waals surface area contributed by atoms with Crippen LogP contribution in [0.2, 0.25) is 0 Å². The monoisotopic (exact) mass is 319 g/mol. The highest BCUT2D eigenvalue weighted by Crippen LogP contribution is 2.30. The predicted molar refractivity (Wildman–Crippen MR) is 85.3 cm³/mol. The molecule has 0 fully saturated rings. The molecule has 0 spiro atoms. The van der Waals surface area contributed by atoms with Crippen molar-refractivity contribution in [3.05, 3.63) is 29.8 Å². The maximum Gasteiger partial charge on any atom is 0.267 e. The lowest BCUT2D eigenvalue weighted by Gasteiger charge is -2.21. The first-order chi connectivity index (χ1) is 10.9. The van der Waals surface area contributed by atoms with Crippen LogP contribution in [0.5, 0.6) is 5.75 Å². The van der Waals surface area contributed by atoms with Crippen LogP contribution in [0.1, 0.15) is 18.9 Å². The highest BCUT2D eigenvalue weighted by atomic mass is 16.7. The van der Waals surface area contributed by atoms with Crippen LogP contribution in [-0.2, 0) is 14.4 Å². The minimum absolute atomic E-state index is 0.0746. The van der Waals surface area contributed by atoms with Crippen LogP contribution < -0.4 is 10.1 Å². The molecule has 1 N–H and O–H groups in total. The number of likely N-dealkylation sites (N-methyl/N-ethyl adjacent to an activating group) is 1. The van der Waals surface area contributed by atoms with Gasteiger partial charge in [-0.1, -0.05) is 17.3 Å². The molecule has 1 atom stereocenters. The molecule has 1 aromatic carbocycles. The van der Waals surface area contributed by atoms with Gasteiger partial charge < -0.3 is 19.8 Å². The van der Waals surface area contributed by atoms with E-state index in [2.05, 4.69) is 10.5 Å². The van der Waals surface area contributed by atoms with Crippen molar-refractivity contribution in [2.24, 2.45) is 5.16 Å². The molecule has 0 aliphatic carbocycles. The second-order valence-electron chi connectivity index (χ2n) is 5.71. The number of oxime groups is 1.